The summed E-state index contributed by atoms with van der Waals surface area (Å²) in [6.45, 7) is 1.95. The van der Waals surface area contributed by atoms with Crippen LogP contribution in [0.25, 0.3) is 0 Å². The Kier molecular flexibility index (Phi) is 8.39. The first-order chi connectivity index (χ1) is 10.8. The van der Waals surface area contributed by atoms with Crippen LogP contribution in [0.3, 0.4) is 0 Å². The van der Waals surface area contributed by atoms with E-state index in [0.717, 1.165) is 5.56 Å². The van der Waals surface area contributed by atoms with Crippen molar-refractivity contribution in [3.63, 3.8) is 0 Å². The lowest BCUT2D eigenvalue weighted by atomic mass is 10.2. The lowest BCUT2D eigenvalue weighted by Crippen LogP contribution is -2.47. The van der Waals surface area contributed by atoms with E-state index in [1.807, 2.05) is 18.4 Å². The van der Waals surface area contributed by atoms with Gasteiger partial charge < -0.3 is 4.90 Å². The number of benzene rings is 1. The highest BCUT2D eigenvalue weighted by Crippen LogP contribution is 2.12. The number of likely N-dealkylation sites (N-methyl/N-ethyl adjacent to an activating group) is 1. The molecule has 0 heterocycles. The van der Waals surface area contributed by atoms with Gasteiger partial charge in [-0.15, -0.1) is 0 Å². The Labute approximate surface area is 147 Å². The van der Waals surface area contributed by atoms with Crippen molar-refractivity contribution >= 4 is 39.3 Å². The molecule has 1 atom stereocenters. The van der Waals surface area contributed by atoms with E-state index in [4.69, 9.17) is 11.6 Å². The first-order valence-corrected chi connectivity index (χ1v) is 10.7. The molecular weight excluding hydrogens is 356 g/mol. The maximum Gasteiger partial charge on any atom is 0.240 e. The Morgan fingerprint density at radius 3 is 2.48 bits per heavy atom. The van der Waals surface area contributed by atoms with E-state index in [-0.39, 0.29) is 11.7 Å². The minimum absolute atomic E-state index is 0.0447. The molecule has 0 saturated carbocycles. The normalized spacial score (nSPS) is 12.9. The maximum absolute atomic E-state index is 12.6. The number of carbonyl (C=O) groups excluding carboxylic acids is 1. The van der Waals surface area contributed by atoms with Crippen LogP contribution in [0.5, 0.6) is 0 Å². The van der Waals surface area contributed by atoms with Crippen molar-refractivity contribution in [3.05, 3.63) is 34.9 Å². The standard InChI is InChI=1S/C15H23ClN2O3S2/c1-4-23(20,21)17-14(9-10-22-3)15(19)18(2)11-12-5-7-13(16)8-6-12/h5-8,14,17H,4,9-11H2,1-3H3. The van der Waals surface area contributed by atoms with Crippen LogP contribution >= 0.6 is 23.4 Å². The molecule has 130 valence electrons. The number of carbonyl (C=O) groups is 1. The summed E-state index contributed by atoms with van der Waals surface area (Å²) in [7, 11) is -1.76. The number of rotatable bonds is 9. The van der Waals surface area contributed by atoms with E-state index in [1.54, 1.807) is 37.9 Å². The summed E-state index contributed by atoms with van der Waals surface area (Å²) in [4.78, 5) is 14.1. The highest BCUT2D eigenvalue weighted by atomic mass is 35.5. The number of nitrogens with one attached hydrogen (secondary N) is 1. The molecule has 1 N–H and O–H groups in total. The Morgan fingerprint density at radius 1 is 1.35 bits per heavy atom. The predicted molar refractivity (Wildman–Crippen MR) is 97.3 cm³/mol. The summed E-state index contributed by atoms with van der Waals surface area (Å²) in [5.74, 6) is 0.431. The van der Waals surface area contributed by atoms with Gasteiger partial charge in [-0.1, -0.05) is 23.7 Å². The molecule has 0 aliphatic heterocycles. The Morgan fingerprint density at radius 2 is 1.96 bits per heavy atom. The Hall–Kier alpha value is -0.760. The minimum atomic E-state index is -3.43. The fourth-order valence-corrected chi connectivity index (χ4v) is 3.39. The van der Waals surface area contributed by atoms with Crippen molar-refractivity contribution in [2.75, 3.05) is 24.8 Å². The molecule has 5 nitrogen and oxygen atoms in total. The fraction of sp³-hybridized carbons (Fsp3) is 0.533. The summed E-state index contributed by atoms with van der Waals surface area (Å²) in [6, 6.07) is 6.49. The molecule has 0 saturated heterocycles. The number of hydrogen-bond acceptors (Lipinski definition) is 4. The Bertz CT molecular complexity index is 606. The van der Waals surface area contributed by atoms with Gasteiger partial charge in [-0.2, -0.15) is 11.8 Å². The van der Waals surface area contributed by atoms with Gasteiger partial charge in [-0.25, -0.2) is 13.1 Å². The van der Waals surface area contributed by atoms with Crippen LogP contribution < -0.4 is 4.72 Å². The first-order valence-electron chi connectivity index (χ1n) is 7.27. The molecule has 8 heteroatoms. The monoisotopic (exact) mass is 378 g/mol. The van der Waals surface area contributed by atoms with E-state index < -0.39 is 16.1 Å². The van der Waals surface area contributed by atoms with E-state index in [9.17, 15) is 13.2 Å². The van der Waals surface area contributed by atoms with Gasteiger partial charge in [-0.05, 0) is 43.0 Å². The zero-order valence-electron chi connectivity index (χ0n) is 13.6. The number of sulfonamides is 1. The molecule has 0 spiro atoms. The SMILES string of the molecule is CCS(=O)(=O)NC(CCSC)C(=O)N(C)Cc1ccc(Cl)cc1. The van der Waals surface area contributed by atoms with Crippen molar-refractivity contribution in [3.8, 4) is 0 Å². The zero-order valence-corrected chi connectivity index (χ0v) is 16.0. The molecule has 0 aliphatic rings. The van der Waals surface area contributed by atoms with Gasteiger partial charge in [0.2, 0.25) is 15.9 Å². The minimum Gasteiger partial charge on any atom is -0.340 e. The lowest BCUT2D eigenvalue weighted by molar-refractivity contribution is -0.132. The summed E-state index contributed by atoms with van der Waals surface area (Å²) >= 11 is 7.43. The predicted octanol–water partition coefficient (Wildman–Crippen LogP) is 2.36. The van der Waals surface area contributed by atoms with Gasteiger partial charge in [0.25, 0.3) is 0 Å². The van der Waals surface area contributed by atoms with Crippen molar-refractivity contribution in [1.29, 1.82) is 0 Å². The second-order valence-corrected chi connectivity index (χ2v) is 8.64. The quantitative estimate of drug-likeness (QED) is 0.716. The van der Waals surface area contributed by atoms with Gasteiger partial charge in [0, 0.05) is 18.6 Å². The molecule has 0 bridgehead atoms. The average molecular weight is 379 g/mol. The number of hydrogen-bond donors (Lipinski definition) is 1. The van der Waals surface area contributed by atoms with E-state index in [1.165, 1.54) is 4.90 Å². The molecule has 0 aromatic heterocycles. The summed E-state index contributed by atoms with van der Waals surface area (Å²) < 4.78 is 26.1. The largest absolute Gasteiger partial charge is 0.340 e. The van der Waals surface area contributed by atoms with Crippen molar-refractivity contribution < 1.29 is 13.2 Å². The average Bonchev–Trinajstić information content (AvgIpc) is 2.52. The molecule has 1 aromatic rings. The van der Waals surface area contributed by atoms with E-state index in [2.05, 4.69) is 4.72 Å². The molecule has 1 rings (SSSR count). The van der Waals surface area contributed by atoms with Crippen LogP contribution in [0.1, 0.15) is 18.9 Å². The van der Waals surface area contributed by atoms with Crippen molar-refractivity contribution in [1.82, 2.24) is 9.62 Å². The maximum atomic E-state index is 12.6. The van der Waals surface area contributed by atoms with Crippen LogP contribution in [-0.2, 0) is 21.4 Å². The smallest absolute Gasteiger partial charge is 0.240 e. The number of thioether (sulfide) groups is 1. The molecule has 23 heavy (non-hydrogen) atoms. The molecule has 1 unspecified atom stereocenters. The lowest BCUT2D eigenvalue weighted by Gasteiger charge is -2.24. The van der Waals surface area contributed by atoms with Crippen molar-refractivity contribution in [2.24, 2.45) is 0 Å². The number of amides is 1. The van der Waals surface area contributed by atoms with Gasteiger partial charge in [0.1, 0.15) is 6.04 Å². The Balaban J connectivity index is 2.79. The summed E-state index contributed by atoms with van der Waals surface area (Å²) in [6.07, 6.45) is 2.39. The van der Waals surface area contributed by atoms with E-state index in [0.29, 0.717) is 23.7 Å². The van der Waals surface area contributed by atoms with Gasteiger partial charge >= 0.3 is 0 Å². The summed E-state index contributed by atoms with van der Waals surface area (Å²) in [5, 5.41) is 0.635. The highest BCUT2D eigenvalue weighted by Gasteiger charge is 2.25. The molecule has 1 aromatic carbocycles. The number of halogens is 1. The third-order valence-corrected chi connectivity index (χ3v) is 5.62. The highest BCUT2D eigenvalue weighted by molar-refractivity contribution is 7.98. The third kappa shape index (κ3) is 7.12. The van der Waals surface area contributed by atoms with Gasteiger partial charge in [-0.3, -0.25) is 4.79 Å². The zero-order chi connectivity index (χ0) is 17.5. The molecule has 0 fully saturated rings. The van der Waals surface area contributed by atoms with Gasteiger partial charge in [0.15, 0.2) is 0 Å². The third-order valence-electron chi connectivity index (χ3n) is 3.32. The summed E-state index contributed by atoms with van der Waals surface area (Å²) in [5.41, 5.74) is 0.937. The van der Waals surface area contributed by atoms with Gasteiger partial charge in [0.05, 0.1) is 5.75 Å². The fourth-order valence-electron chi connectivity index (χ4n) is 1.98. The van der Waals surface area contributed by atoms with Crippen LogP contribution in [0.2, 0.25) is 5.02 Å². The second kappa shape index (κ2) is 9.52. The second-order valence-electron chi connectivity index (χ2n) is 5.18. The molecule has 1 amide bonds. The number of nitrogens with zero attached hydrogens (tertiary/aromatic N) is 1. The molecule has 0 radical (unpaired) electrons. The van der Waals surface area contributed by atoms with Crippen LogP contribution in [-0.4, -0.2) is 50.1 Å². The topological polar surface area (TPSA) is 66.5 Å². The first kappa shape index (κ1) is 20.3. The van der Waals surface area contributed by atoms with Crippen LogP contribution in [0.15, 0.2) is 24.3 Å². The molecular formula is C15H23ClN2O3S2. The van der Waals surface area contributed by atoms with Crippen LogP contribution in [0, 0.1) is 0 Å². The van der Waals surface area contributed by atoms with Crippen molar-refractivity contribution in [2.45, 2.75) is 25.9 Å². The molecule has 0 aliphatic carbocycles. The van der Waals surface area contributed by atoms with E-state index >= 15 is 0 Å². The van der Waals surface area contributed by atoms with Crippen LogP contribution in [0.4, 0.5) is 0 Å².